The molecule has 2 atom stereocenters. The van der Waals surface area contributed by atoms with Crippen molar-refractivity contribution in [3.8, 4) is 5.88 Å². The van der Waals surface area contributed by atoms with E-state index in [-0.39, 0.29) is 30.1 Å². The smallest absolute Gasteiger partial charge is 0.416 e. The van der Waals surface area contributed by atoms with Gasteiger partial charge in [-0.3, -0.25) is 4.79 Å². The summed E-state index contributed by atoms with van der Waals surface area (Å²) in [5.74, 6) is -1.98. The number of nitrogens with one attached hydrogen (secondary N) is 1. The quantitative estimate of drug-likeness (QED) is 0.353. The van der Waals surface area contributed by atoms with Crippen LogP contribution in [0.25, 0.3) is 0 Å². The van der Waals surface area contributed by atoms with E-state index in [2.05, 4.69) is 17.0 Å². The number of benzene rings is 1. The highest BCUT2D eigenvalue weighted by Gasteiger charge is 2.34. The molecule has 11 heteroatoms. The number of hydrogen-bond acceptors (Lipinski definition) is 5. The van der Waals surface area contributed by atoms with Crippen LogP contribution in [-0.2, 0) is 22.7 Å². The summed E-state index contributed by atoms with van der Waals surface area (Å²) in [7, 11) is 0. The number of ether oxygens (including phenoxy) is 2. The van der Waals surface area contributed by atoms with Gasteiger partial charge >= 0.3 is 12.1 Å². The topological polar surface area (TPSA) is 103 Å². The van der Waals surface area contributed by atoms with Crippen LogP contribution in [0.3, 0.4) is 0 Å². The van der Waals surface area contributed by atoms with Crippen LogP contribution in [-0.4, -0.2) is 51.7 Å². The molecule has 1 amide bonds. The predicted octanol–water partition coefficient (Wildman–Crippen LogP) is 5.23. The number of aromatic nitrogens is 2. The Morgan fingerprint density at radius 1 is 1.23 bits per heavy atom. The normalized spacial score (nSPS) is 18.5. The Hall–Kier alpha value is -3.86. The lowest BCUT2D eigenvalue weighted by Crippen LogP contribution is -2.47. The van der Waals surface area contributed by atoms with Gasteiger partial charge in [-0.25, -0.2) is 9.48 Å². The molecule has 0 saturated heterocycles. The van der Waals surface area contributed by atoms with E-state index in [0.29, 0.717) is 19.1 Å². The average molecular weight is 548 g/mol. The third-order valence-corrected chi connectivity index (χ3v) is 6.21. The van der Waals surface area contributed by atoms with Crippen molar-refractivity contribution in [3.63, 3.8) is 0 Å². The van der Waals surface area contributed by atoms with Crippen molar-refractivity contribution < 1.29 is 37.3 Å². The van der Waals surface area contributed by atoms with Crippen LogP contribution in [0.15, 0.2) is 72.4 Å². The molecule has 1 saturated carbocycles. The summed E-state index contributed by atoms with van der Waals surface area (Å²) in [5, 5.41) is 16.2. The van der Waals surface area contributed by atoms with E-state index in [1.54, 1.807) is 6.92 Å². The summed E-state index contributed by atoms with van der Waals surface area (Å²) in [6.45, 7) is 4.26. The summed E-state index contributed by atoms with van der Waals surface area (Å²) in [6, 6.07) is 10.5. The maximum atomic E-state index is 13.4. The Balaban J connectivity index is 1.72. The van der Waals surface area contributed by atoms with Crippen molar-refractivity contribution in [2.45, 2.75) is 64.1 Å². The number of allylic oxidation sites excluding steroid dienone is 3. The summed E-state index contributed by atoms with van der Waals surface area (Å²) in [6.07, 6.45) is 1.86. The van der Waals surface area contributed by atoms with Crippen molar-refractivity contribution in [2.75, 3.05) is 6.61 Å². The minimum atomic E-state index is -4.66. The highest BCUT2D eigenvalue weighted by molar-refractivity contribution is 5.85. The zero-order chi connectivity index (χ0) is 28.4. The zero-order valence-electron chi connectivity index (χ0n) is 21.6. The van der Waals surface area contributed by atoms with Crippen molar-refractivity contribution in [3.05, 3.63) is 83.6 Å². The molecule has 1 fully saturated rings. The summed E-state index contributed by atoms with van der Waals surface area (Å²) in [5.41, 5.74) is -0.587. The third-order valence-electron chi connectivity index (χ3n) is 6.21. The maximum Gasteiger partial charge on any atom is 0.416 e. The molecule has 8 nitrogen and oxygen atoms in total. The Labute approximate surface area is 224 Å². The summed E-state index contributed by atoms with van der Waals surface area (Å²) < 4.78 is 52.9. The van der Waals surface area contributed by atoms with Gasteiger partial charge in [0.15, 0.2) is 5.69 Å². The van der Waals surface area contributed by atoms with Crippen LogP contribution in [0.4, 0.5) is 13.2 Å². The van der Waals surface area contributed by atoms with Crippen LogP contribution in [0.1, 0.15) is 48.7 Å². The fraction of sp³-hybridized carbons (Fsp3) is 0.393. The average Bonchev–Trinajstić information content (AvgIpc) is 3.29. The molecule has 2 aromatic rings. The second kappa shape index (κ2) is 13.8. The number of alkyl halides is 3. The molecular formula is C28H32F3N3O5. The van der Waals surface area contributed by atoms with Gasteiger partial charge < -0.3 is 19.9 Å². The van der Waals surface area contributed by atoms with Gasteiger partial charge in [0.1, 0.15) is 13.2 Å². The number of hydrogen-bond donors (Lipinski definition) is 2. The first-order valence-electron chi connectivity index (χ1n) is 12.6. The second-order valence-corrected chi connectivity index (χ2v) is 9.05. The Morgan fingerprint density at radius 2 is 1.95 bits per heavy atom. The van der Waals surface area contributed by atoms with Gasteiger partial charge in [-0.1, -0.05) is 68.0 Å². The van der Waals surface area contributed by atoms with Gasteiger partial charge in [-0.2, -0.15) is 18.3 Å². The summed E-state index contributed by atoms with van der Waals surface area (Å²) in [4.78, 5) is 24.4. The molecule has 3 rings (SSSR count). The van der Waals surface area contributed by atoms with Crippen molar-refractivity contribution in [1.29, 1.82) is 0 Å². The molecule has 0 spiro atoms. The van der Waals surface area contributed by atoms with Crippen LogP contribution in [0.2, 0.25) is 0 Å². The number of carbonyl (C=O) groups excluding carboxylic acids is 1. The van der Waals surface area contributed by atoms with Crippen molar-refractivity contribution >= 4 is 11.9 Å². The first-order chi connectivity index (χ1) is 18.6. The van der Waals surface area contributed by atoms with Crippen LogP contribution in [0.5, 0.6) is 5.88 Å². The third kappa shape index (κ3) is 8.57. The molecule has 1 aromatic heterocycles. The van der Waals surface area contributed by atoms with Gasteiger partial charge in [-0.05, 0) is 25.3 Å². The fourth-order valence-electron chi connectivity index (χ4n) is 4.36. The van der Waals surface area contributed by atoms with Gasteiger partial charge in [0, 0.05) is 11.6 Å². The minimum absolute atomic E-state index is 0.157. The van der Waals surface area contributed by atoms with Gasteiger partial charge in [0.05, 0.1) is 24.3 Å². The molecule has 0 unspecified atom stereocenters. The number of aromatic carboxylic acids is 1. The fourth-order valence-corrected chi connectivity index (χ4v) is 4.36. The molecule has 2 N–H and O–H groups in total. The van der Waals surface area contributed by atoms with E-state index in [0.717, 1.165) is 35.6 Å². The van der Waals surface area contributed by atoms with Crippen LogP contribution < -0.4 is 10.1 Å². The number of rotatable bonds is 12. The molecule has 39 heavy (non-hydrogen) atoms. The van der Waals surface area contributed by atoms with E-state index in [9.17, 15) is 27.9 Å². The Bertz CT molecular complexity index is 1200. The zero-order valence-corrected chi connectivity index (χ0v) is 21.6. The monoisotopic (exact) mass is 547 g/mol. The molecule has 0 aliphatic heterocycles. The summed E-state index contributed by atoms with van der Waals surface area (Å²) >= 11 is 0. The minimum Gasteiger partial charge on any atom is -0.476 e. The van der Waals surface area contributed by atoms with Crippen molar-refractivity contribution in [2.24, 2.45) is 0 Å². The standard InChI is InChI=1S/C28H32F3N3O5/c1-3-10-20(21(4-2)28(29,30)31)18-39-26-15-23(27(36)37)33-34(26)16-25(35)32-22-13-8-9-14-24(22)38-17-19-11-6-5-7-12-19/h3-7,10-12,15,22,24H,2,8-9,13-14,16-18H2,1H3,(H,32,35)(H,36,37)/b10-3-,21-20-/t22-,24-/m0/s1. The van der Waals surface area contributed by atoms with E-state index in [4.69, 9.17) is 9.47 Å². The molecular weight excluding hydrogens is 515 g/mol. The molecule has 210 valence electrons. The van der Waals surface area contributed by atoms with E-state index in [1.807, 2.05) is 30.3 Å². The highest BCUT2D eigenvalue weighted by Crippen LogP contribution is 2.30. The van der Waals surface area contributed by atoms with E-state index in [1.165, 1.54) is 12.2 Å². The number of halogens is 3. The largest absolute Gasteiger partial charge is 0.476 e. The van der Waals surface area contributed by atoms with Crippen LogP contribution >= 0.6 is 0 Å². The Morgan fingerprint density at radius 3 is 2.59 bits per heavy atom. The van der Waals surface area contributed by atoms with E-state index >= 15 is 0 Å². The first-order valence-corrected chi connectivity index (χ1v) is 12.6. The lowest BCUT2D eigenvalue weighted by Gasteiger charge is -2.32. The first kappa shape index (κ1) is 29.7. The maximum absolute atomic E-state index is 13.4. The SMILES string of the molecule is C=C/C(=C(\C=C/C)COc1cc(C(=O)O)nn1CC(=O)N[C@H]1CCCC[C@@H]1OCc1ccccc1)C(F)(F)F. The number of nitrogens with zero attached hydrogens (tertiary/aromatic N) is 2. The lowest BCUT2D eigenvalue weighted by molar-refractivity contribution is -0.124. The molecule has 1 heterocycles. The molecule has 0 bridgehead atoms. The van der Waals surface area contributed by atoms with Gasteiger partial charge in [0.2, 0.25) is 11.8 Å². The molecule has 1 aromatic carbocycles. The number of carboxylic acids is 1. The molecule has 1 aliphatic rings. The second-order valence-electron chi connectivity index (χ2n) is 9.05. The number of carboxylic acid groups (broad SMARTS) is 1. The van der Waals surface area contributed by atoms with Gasteiger partial charge in [-0.15, -0.1) is 0 Å². The highest BCUT2D eigenvalue weighted by atomic mass is 19.4. The van der Waals surface area contributed by atoms with Gasteiger partial charge in [0.25, 0.3) is 0 Å². The van der Waals surface area contributed by atoms with Crippen LogP contribution in [0, 0.1) is 0 Å². The molecule has 0 radical (unpaired) electrons. The number of amides is 1. The Kier molecular flexibility index (Phi) is 10.5. The van der Waals surface area contributed by atoms with Crippen molar-refractivity contribution in [1.82, 2.24) is 15.1 Å². The predicted molar refractivity (Wildman–Crippen MR) is 138 cm³/mol. The lowest BCUT2D eigenvalue weighted by atomic mass is 9.92. The number of carbonyl (C=O) groups is 2. The molecule has 1 aliphatic carbocycles. The van der Waals surface area contributed by atoms with E-state index < -0.39 is 35.9 Å².